The average Bonchev–Trinajstić information content (AvgIpc) is 2.68. The largest absolute Gasteiger partial charge is 0.468 e. The van der Waals surface area contributed by atoms with Crippen LogP contribution in [-0.2, 0) is 23.0 Å². The molecule has 0 bridgehead atoms. The monoisotopic (exact) mass is 279 g/mol. The molecule has 108 valence electrons. The summed E-state index contributed by atoms with van der Waals surface area (Å²) in [6.45, 7) is 0.536. The van der Waals surface area contributed by atoms with Gasteiger partial charge in [0.05, 0.1) is 19.3 Å². The van der Waals surface area contributed by atoms with E-state index < -0.39 is 24.7 Å². The van der Waals surface area contributed by atoms with Gasteiger partial charge in [-0.25, -0.2) is 4.79 Å². The number of halogens is 3. The van der Waals surface area contributed by atoms with Crippen molar-refractivity contribution in [2.75, 3.05) is 13.7 Å². The highest BCUT2D eigenvalue weighted by Gasteiger charge is 2.32. The minimum atomic E-state index is -4.40. The number of hydrogen-bond donors (Lipinski definition) is 1. The lowest BCUT2D eigenvalue weighted by Crippen LogP contribution is -2.36. The third-order valence-corrected chi connectivity index (χ3v) is 2.53. The Labute approximate surface area is 108 Å². The maximum atomic E-state index is 12.3. The van der Waals surface area contributed by atoms with E-state index in [2.05, 4.69) is 15.2 Å². The second-order valence-corrected chi connectivity index (χ2v) is 4.01. The molecule has 0 aliphatic rings. The zero-order chi connectivity index (χ0) is 14.6. The predicted octanol–water partition coefficient (Wildman–Crippen LogP) is 1.35. The number of carbonyl (C=O) groups is 1. The minimum Gasteiger partial charge on any atom is -0.468 e. The van der Waals surface area contributed by atoms with Gasteiger partial charge in [0.15, 0.2) is 0 Å². The maximum absolute atomic E-state index is 12.3. The number of aryl methyl sites for hydroxylation is 2. The highest BCUT2D eigenvalue weighted by atomic mass is 19.4. The van der Waals surface area contributed by atoms with Gasteiger partial charge >= 0.3 is 12.1 Å². The van der Waals surface area contributed by atoms with Gasteiger partial charge in [-0.3, -0.25) is 10.00 Å². The molecule has 0 spiro atoms. The van der Waals surface area contributed by atoms with Gasteiger partial charge in [0.2, 0.25) is 0 Å². The lowest BCUT2D eigenvalue weighted by Gasteiger charge is -2.17. The van der Waals surface area contributed by atoms with E-state index in [-0.39, 0.29) is 0 Å². The molecule has 1 aromatic rings. The first-order chi connectivity index (χ1) is 8.78. The Bertz CT molecular complexity index is 443. The van der Waals surface area contributed by atoms with Crippen LogP contribution in [0.3, 0.4) is 0 Å². The molecular formula is C11H16F3N3O2. The van der Waals surface area contributed by atoms with Crippen LogP contribution in [-0.4, -0.2) is 35.6 Å². The van der Waals surface area contributed by atoms with Gasteiger partial charge in [0.25, 0.3) is 0 Å². The van der Waals surface area contributed by atoms with Crippen LogP contribution in [0.25, 0.3) is 0 Å². The van der Waals surface area contributed by atoms with E-state index in [1.165, 1.54) is 10.9 Å². The van der Waals surface area contributed by atoms with Crippen LogP contribution in [0.4, 0.5) is 13.2 Å². The fourth-order valence-electron chi connectivity index (χ4n) is 1.72. The molecule has 0 aromatic carbocycles. The summed E-state index contributed by atoms with van der Waals surface area (Å²) < 4.78 is 42.7. The van der Waals surface area contributed by atoms with Crippen LogP contribution in [0.1, 0.15) is 24.2 Å². The Hall–Kier alpha value is -1.57. The number of ether oxygens (including phenoxy) is 1. The molecule has 0 radical (unpaired) electrons. The first-order valence-corrected chi connectivity index (χ1v) is 5.68. The number of methoxy groups -OCH3 is 1. The lowest BCUT2D eigenvalue weighted by atomic mass is 10.1. The summed E-state index contributed by atoms with van der Waals surface area (Å²) in [6, 6.07) is -1.17. The molecular weight excluding hydrogens is 263 g/mol. The molecule has 1 aromatic heterocycles. The fraction of sp³-hybridized carbons (Fsp3) is 0.636. The van der Waals surface area contributed by atoms with Crippen molar-refractivity contribution in [3.05, 3.63) is 17.5 Å². The molecule has 1 N–H and O–H groups in total. The van der Waals surface area contributed by atoms with Crippen molar-refractivity contribution >= 4 is 5.97 Å². The summed E-state index contributed by atoms with van der Waals surface area (Å²) in [4.78, 5) is 11.6. The molecule has 8 heteroatoms. The zero-order valence-corrected chi connectivity index (χ0v) is 10.9. The van der Waals surface area contributed by atoms with E-state index in [9.17, 15) is 18.0 Å². The van der Waals surface area contributed by atoms with Crippen molar-refractivity contribution in [3.63, 3.8) is 0 Å². The Morgan fingerprint density at radius 1 is 1.58 bits per heavy atom. The van der Waals surface area contributed by atoms with Gasteiger partial charge in [0.1, 0.15) is 6.04 Å². The molecule has 5 nitrogen and oxygen atoms in total. The summed E-state index contributed by atoms with van der Waals surface area (Å²) in [6.07, 6.45) is -2.37. The highest BCUT2D eigenvalue weighted by Crippen LogP contribution is 2.21. The SMILES string of the molecule is CCc1nn(C)cc1C(NCC(F)(F)F)C(=O)OC. The number of rotatable bonds is 5. The number of carbonyl (C=O) groups excluding carboxylic acids is 1. The Kier molecular flexibility index (Phi) is 4.93. The Morgan fingerprint density at radius 3 is 2.68 bits per heavy atom. The van der Waals surface area contributed by atoms with E-state index in [0.29, 0.717) is 17.7 Å². The Morgan fingerprint density at radius 2 is 2.21 bits per heavy atom. The number of nitrogens with one attached hydrogen (secondary N) is 1. The van der Waals surface area contributed by atoms with Gasteiger partial charge in [-0.05, 0) is 6.42 Å². The summed E-state index contributed by atoms with van der Waals surface area (Å²) in [5.41, 5.74) is 0.966. The van der Waals surface area contributed by atoms with E-state index in [4.69, 9.17) is 0 Å². The smallest absolute Gasteiger partial charge is 0.401 e. The molecule has 1 rings (SSSR count). The Balaban J connectivity index is 2.99. The number of alkyl halides is 3. The van der Waals surface area contributed by atoms with Crippen molar-refractivity contribution in [1.29, 1.82) is 0 Å². The molecule has 1 unspecified atom stereocenters. The summed E-state index contributed by atoms with van der Waals surface area (Å²) in [5, 5.41) is 6.26. The first kappa shape index (κ1) is 15.5. The standard InChI is InChI=1S/C11H16F3N3O2/c1-4-8-7(5-17(2)16-8)9(10(18)19-3)15-6-11(12,13)14/h5,9,15H,4,6H2,1-3H3. The number of esters is 1. The van der Waals surface area contributed by atoms with E-state index >= 15 is 0 Å². The third-order valence-electron chi connectivity index (χ3n) is 2.53. The first-order valence-electron chi connectivity index (χ1n) is 5.68. The maximum Gasteiger partial charge on any atom is 0.401 e. The molecule has 1 heterocycles. The van der Waals surface area contributed by atoms with Crippen LogP contribution in [0.2, 0.25) is 0 Å². The number of nitrogens with zero attached hydrogens (tertiary/aromatic N) is 2. The van der Waals surface area contributed by atoms with Crippen LogP contribution >= 0.6 is 0 Å². The van der Waals surface area contributed by atoms with Crippen molar-refractivity contribution < 1.29 is 22.7 Å². The van der Waals surface area contributed by atoms with Gasteiger partial charge in [0, 0.05) is 18.8 Å². The highest BCUT2D eigenvalue weighted by molar-refractivity contribution is 5.77. The van der Waals surface area contributed by atoms with Gasteiger partial charge in [-0.2, -0.15) is 18.3 Å². The van der Waals surface area contributed by atoms with Crippen molar-refractivity contribution in [1.82, 2.24) is 15.1 Å². The van der Waals surface area contributed by atoms with E-state index in [0.717, 1.165) is 7.11 Å². The van der Waals surface area contributed by atoms with Crippen molar-refractivity contribution in [2.24, 2.45) is 7.05 Å². The molecule has 0 saturated carbocycles. The van der Waals surface area contributed by atoms with E-state index in [1.807, 2.05) is 6.92 Å². The predicted molar refractivity (Wildman–Crippen MR) is 61.4 cm³/mol. The van der Waals surface area contributed by atoms with Crippen LogP contribution in [0.15, 0.2) is 6.20 Å². The fourth-order valence-corrected chi connectivity index (χ4v) is 1.72. The normalized spacial score (nSPS) is 13.4. The topological polar surface area (TPSA) is 56.2 Å². The third kappa shape index (κ3) is 4.23. The second kappa shape index (κ2) is 6.05. The van der Waals surface area contributed by atoms with Crippen LogP contribution in [0.5, 0.6) is 0 Å². The molecule has 19 heavy (non-hydrogen) atoms. The van der Waals surface area contributed by atoms with Gasteiger partial charge in [-0.1, -0.05) is 6.92 Å². The number of hydrogen-bond acceptors (Lipinski definition) is 4. The van der Waals surface area contributed by atoms with Crippen LogP contribution < -0.4 is 5.32 Å². The van der Waals surface area contributed by atoms with Crippen LogP contribution in [0, 0.1) is 0 Å². The van der Waals surface area contributed by atoms with Crippen molar-refractivity contribution in [3.8, 4) is 0 Å². The second-order valence-electron chi connectivity index (χ2n) is 4.01. The molecule has 0 saturated heterocycles. The molecule has 0 fully saturated rings. The van der Waals surface area contributed by atoms with E-state index in [1.54, 1.807) is 7.05 Å². The zero-order valence-electron chi connectivity index (χ0n) is 10.9. The molecule has 0 aliphatic heterocycles. The lowest BCUT2D eigenvalue weighted by molar-refractivity contribution is -0.146. The quantitative estimate of drug-likeness (QED) is 0.827. The van der Waals surface area contributed by atoms with Gasteiger partial charge in [-0.15, -0.1) is 0 Å². The van der Waals surface area contributed by atoms with Crippen molar-refractivity contribution in [2.45, 2.75) is 25.6 Å². The summed E-state index contributed by atoms with van der Waals surface area (Å²) in [7, 11) is 2.77. The minimum absolute atomic E-state index is 0.404. The van der Waals surface area contributed by atoms with Gasteiger partial charge < -0.3 is 4.74 Å². The molecule has 1 atom stereocenters. The summed E-state index contributed by atoms with van der Waals surface area (Å²) in [5.74, 6) is -0.771. The molecule has 0 aliphatic carbocycles. The summed E-state index contributed by atoms with van der Waals surface area (Å²) >= 11 is 0. The molecule has 0 amide bonds. The number of aromatic nitrogens is 2. The average molecular weight is 279 g/mol.